The maximum atomic E-state index is 13.5. The number of amides is 2. The molecule has 6 heteroatoms. The van der Waals surface area contributed by atoms with Gasteiger partial charge < -0.3 is 19.7 Å². The first kappa shape index (κ1) is 21.6. The van der Waals surface area contributed by atoms with Crippen LogP contribution < -0.4 is 14.8 Å². The Hall–Kier alpha value is -2.24. The highest BCUT2D eigenvalue weighted by Gasteiger charge is 2.55. The van der Waals surface area contributed by atoms with Gasteiger partial charge in [0.05, 0.1) is 6.54 Å². The van der Waals surface area contributed by atoms with Crippen molar-refractivity contribution < 1.29 is 19.1 Å². The minimum absolute atomic E-state index is 0.0204. The Morgan fingerprint density at radius 1 is 1.06 bits per heavy atom. The van der Waals surface area contributed by atoms with Crippen molar-refractivity contribution in [3.8, 4) is 11.5 Å². The number of benzene rings is 1. The third-order valence-corrected chi connectivity index (χ3v) is 8.16. The van der Waals surface area contributed by atoms with Gasteiger partial charge in [0.25, 0.3) is 0 Å². The molecule has 0 saturated heterocycles. The van der Waals surface area contributed by atoms with Crippen molar-refractivity contribution >= 4 is 11.8 Å². The fraction of sp³-hybridized carbons (Fsp3) is 0.692. The van der Waals surface area contributed by atoms with Gasteiger partial charge in [-0.3, -0.25) is 9.59 Å². The van der Waals surface area contributed by atoms with Crippen LogP contribution in [0.1, 0.15) is 52.4 Å². The second-order valence-electron chi connectivity index (χ2n) is 11.1. The summed E-state index contributed by atoms with van der Waals surface area (Å²) in [6, 6.07) is 7.07. The van der Waals surface area contributed by atoms with Gasteiger partial charge in [0.2, 0.25) is 11.8 Å². The standard InChI is InChI=1S/C26H36N2O4/c1-16(2)23(27-25(30)26-11-17-8-18(12-26)10-19(9-17)13-26)24(29)28(3)14-20-15-31-21-6-4-5-7-22(21)32-20/h4-7,16-20,23H,8-15H2,1-3H3,(H,27,30)/t17?,18?,19?,20-,23-,26?/m1/s1. The molecule has 5 aliphatic rings. The molecule has 6 nitrogen and oxygen atoms in total. The van der Waals surface area contributed by atoms with Crippen LogP contribution in [-0.4, -0.2) is 49.1 Å². The molecule has 1 heterocycles. The van der Waals surface area contributed by atoms with Crippen molar-refractivity contribution in [3.63, 3.8) is 0 Å². The van der Waals surface area contributed by atoms with Crippen LogP contribution in [0.2, 0.25) is 0 Å². The number of nitrogens with one attached hydrogen (secondary N) is 1. The Balaban J connectivity index is 1.23. The lowest BCUT2D eigenvalue weighted by Crippen LogP contribution is -2.59. The van der Waals surface area contributed by atoms with Crippen molar-refractivity contribution in [1.29, 1.82) is 0 Å². The number of nitrogens with zero attached hydrogens (tertiary/aromatic N) is 1. The van der Waals surface area contributed by atoms with Gasteiger partial charge in [-0.25, -0.2) is 0 Å². The zero-order valence-electron chi connectivity index (χ0n) is 19.5. The molecule has 2 atom stereocenters. The summed E-state index contributed by atoms with van der Waals surface area (Å²) >= 11 is 0. The molecule has 2 amide bonds. The van der Waals surface area contributed by atoms with E-state index in [-0.39, 0.29) is 29.3 Å². The maximum absolute atomic E-state index is 13.5. The van der Waals surface area contributed by atoms with Gasteiger partial charge in [-0.15, -0.1) is 0 Å². The van der Waals surface area contributed by atoms with Crippen LogP contribution in [0, 0.1) is 29.1 Å². The third kappa shape index (κ3) is 3.97. The zero-order valence-corrected chi connectivity index (χ0v) is 19.5. The normalized spacial score (nSPS) is 33.1. The Morgan fingerprint density at radius 3 is 2.25 bits per heavy atom. The van der Waals surface area contributed by atoms with Crippen molar-refractivity contribution in [2.75, 3.05) is 20.2 Å². The Labute approximate surface area is 191 Å². The summed E-state index contributed by atoms with van der Waals surface area (Å²) in [7, 11) is 1.79. The number of likely N-dealkylation sites (N-methyl/N-ethyl adjacent to an activating group) is 1. The lowest BCUT2D eigenvalue weighted by Gasteiger charge is -2.56. The molecular formula is C26H36N2O4. The Morgan fingerprint density at radius 2 is 1.66 bits per heavy atom. The summed E-state index contributed by atoms with van der Waals surface area (Å²) in [5.41, 5.74) is -0.245. The summed E-state index contributed by atoms with van der Waals surface area (Å²) in [5, 5.41) is 3.20. The summed E-state index contributed by atoms with van der Waals surface area (Å²) in [5.74, 6) is 3.63. The highest BCUT2D eigenvalue weighted by atomic mass is 16.6. The van der Waals surface area contributed by atoms with E-state index in [2.05, 4.69) is 5.32 Å². The average Bonchev–Trinajstić information content (AvgIpc) is 2.75. The van der Waals surface area contributed by atoms with Gasteiger partial charge in [0.1, 0.15) is 12.6 Å². The van der Waals surface area contributed by atoms with Crippen LogP contribution in [0.4, 0.5) is 0 Å². The van der Waals surface area contributed by atoms with E-state index in [1.807, 2.05) is 38.1 Å². The molecule has 0 radical (unpaired) electrons. The van der Waals surface area contributed by atoms with Crippen LogP contribution >= 0.6 is 0 Å². The molecule has 4 aliphatic carbocycles. The predicted molar refractivity (Wildman–Crippen MR) is 121 cm³/mol. The van der Waals surface area contributed by atoms with Crippen molar-refractivity contribution in [2.45, 2.75) is 64.5 Å². The van der Waals surface area contributed by atoms with E-state index in [1.54, 1.807) is 11.9 Å². The average molecular weight is 441 g/mol. The monoisotopic (exact) mass is 440 g/mol. The van der Waals surface area contributed by atoms with Gasteiger partial charge >= 0.3 is 0 Å². The van der Waals surface area contributed by atoms with Gasteiger partial charge in [0.15, 0.2) is 17.6 Å². The minimum Gasteiger partial charge on any atom is -0.486 e. The van der Waals surface area contributed by atoms with E-state index < -0.39 is 6.04 Å². The summed E-state index contributed by atoms with van der Waals surface area (Å²) in [4.78, 5) is 28.6. The molecule has 1 aromatic carbocycles. The number of hydrogen-bond acceptors (Lipinski definition) is 4. The quantitative estimate of drug-likeness (QED) is 0.733. The molecule has 6 rings (SSSR count). The number of carbonyl (C=O) groups excluding carboxylic acids is 2. The SMILES string of the molecule is CC(C)[C@@H](NC(=O)C12CC3CC(CC(C3)C1)C2)C(=O)N(C)C[C@@H]1COc2ccccc2O1. The van der Waals surface area contributed by atoms with Crippen LogP contribution in [0.5, 0.6) is 11.5 Å². The molecule has 4 bridgehead atoms. The number of hydrogen-bond donors (Lipinski definition) is 1. The molecule has 4 fully saturated rings. The smallest absolute Gasteiger partial charge is 0.245 e. The molecular weight excluding hydrogens is 404 g/mol. The van der Waals surface area contributed by atoms with E-state index in [4.69, 9.17) is 9.47 Å². The topological polar surface area (TPSA) is 67.9 Å². The Kier molecular flexibility index (Phi) is 5.58. The summed E-state index contributed by atoms with van der Waals surface area (Å²) in [6.07, 6.45) is 6.69. The highest BCUT2D eigenvalue weighted by Crippen LogP contribution is 2.60. The number of rotatable bonds is 6. The van der Waals surface area contributed by atoms with Crippen LogP contribution in [-0.2, 0) is 9.59 Å². The largest absolute Gasteiger partial charge is 0.486 e. The number of fused-ring (bicyclic) bond motifs is 1. The second-order valence-corrected chi connectivity index (χ2v) is 11.1. The van der Waals surface area contributed by atoms with Gasteiger partial charge in [-0.1, -0.05) is 26.0 Å². The Bertz CT molecular complexity index is 847. The van der Waals surface area contributed by atoms with Crippen LogP contribution in [0.15, 0.2) is 24.3 Å². The van der Waals surface area contributed by atoms with E-state index in [1.165, 1.54) is 19.3 Å². The molecule has 1 aromatic rings. The number of para-hydroxylation sites is 2. The first-order valence-corrected chi connectivity index (χ1v) is 12.3. The molecule has 4 saturated carbocycles. The van der Waals surface area contributed by atoms with E-state index >= 15 is 0 Å². The van der Waals surface area contributed by atoms with E-state index in [9.17, 15) is 9.59 Å². The fourth-order valence-electron chi connectivity index (χ4n) is 6.98. The number of ether oxygens (including phenoxy) is 2. The lowest BCUT2D eigenvalue weighted by molar-refractivity contribution is -0.150. The lowest BCUT2D eigenvalue weighted by atomic mass is 9.49. The van der Waals surface area contributed by atoms with E-state index in [0.717, 1.165) is 25.0 Å². The summed E-state index contributed by atoms with van der Waals surface area (Å²) in [6.45, 7) is 4.84. The molecule has 32 heavy (non-hydrogen) atoms. The molecule has 1 aliphatic heterocycles. The number of carbonyl (C=O) groups is 2. The molecule has 1 N–H and O–H groups in total. The van der Waals surface area contributed by atoms with Crippen molar-refractivity contribution in [3.05, 3.63) is 24.3 Å². The summed E-state index contributed by atoms with van der Waals surface area (Å²) < 4.78 is 11.8. The van der Waals surface area contributed by atoms with Crippen LogP contribution in [0.3, 0.4) is 0 Å². The highest BCUT2D eigenvalue weighted by molar-refractivity contribution is 5.90. The molecule has 0 aromatic heterocycles. The minimum atomic E-state index is -0.516. The first-order chi connectivity index (χ1) is 15.3. The van der Waals surface area contributed by atoms with Crippen molar-refractivity contribution in [1.82, 2.24) is 10.2 Å². The molecule has 0 unspecified atom stereocenters. The molecule has 0 spiro atoms. The van der Waals surface area contributed by atoms with Gasteiger partial charge in [-0.2, -0.15) is 0 Å². The fourth-order valence-corrected chi connectivity index (χ4v) is 6.98. The van der Waals surface area contributed by atoms with Crippen molar-refractivity contribution in [2.24, 2.45) is 29.1 Å². The maximum Gasteiger partial charge on any atom is 0.245 e. The third-order valence-electron chi connectivity index (χ3n) is 8.16. The zero-order chi connectivity index (χ0) is 22.5. The predicted octanol–water partition coefficient (Wildman–Crippen LogP) is 3.64. The first-order valence-electron chi connectivity index (χ1n) is 12.3. The van der Waals surface area contributed by atoms with Crippen LogP contribution in [0.25, 0.3) is 0 Å². The van der Waals surface area contributed by atoms with E-state index in [0.29, 0.717) is 36.7 Å². The second kappa shape index (κ2) is 8.27. The van der Waals surface area contributed by atoms with Gasteiger partial charge in [0, 0.05) is 12.5 Å². The van der Waals surface area contributed by atoms with Gasteiger partial charge in [-0.05, 0) is 74.3 Å². The molecule has 174 valence electrons.